The van der Waals surface area contributed by atoms with Gasteiger partial charge < -0.3 is 10.4 Å². The van der Waals surface area contributed by atoms with Crippen molar-refractivity contribution in [2.24, 2.45) is 5.92 Å². The number of aliphatic hydroxyl groups is 1. The van der Waals surface area contributed by atoms with Crippen LogP contribution in [0.15, 0.2) is 24.3 Å². The third-order valence-corrected chi connectivity index (χ3v) is 2.81. The summed E-state index contributed by atoms with van der Waals surface area (Å²) in [7, 11) is 0. The second kappa shape index (κ2) is 6.40. The second-order valence-corrected chi connectivity index (χ2v) is 4.72. The Bertz CT molecular complexity index is 357. The molecule has 0 aromatic heterocycles. The number of benzene rings is 1. The summed E-state index contributed by atoms with van der Waals surface area (Å²) in [6.07, 6.45) is 0.239. The van der Waals surface area contributed by atoms with E-state index in [1.165, 1.54) is 0 Å². The third kappa shape index (κ3) is 4.57. The molecule has 0 aliphatic rings. The largest absolute Gasteiger partial charge is 0.393 e. The van der Waals surface area contributed by atoms with E-state index in [0.29, 0.717) is 18.5 Å². The smallest absolute Gasteiger partial charge is 0.251 e. The lowest BCUT2D eigenvalue weighted by atomic mass is 10.0. The van der Waals surface area contributed by atoms with E-state index in [-0.39, 0.29) is 17.9 Å². The summed E-state index contributed by atoms with van der Waals surface area (Å²) in [4.78, 5) is 11.7. The Kier molecular flexibility index (Phi) is 5.16. The quantitative estimate of drug-likeness (QED) is 0.821. The van der Waals surface area contributed by atoms with Crippen LogP contribution in [0, 0.1) is 12.8 Å². The number of nitrogens with one attached hydrogen (secondary N) is 1. The standard InChI is InChI=1S/C14H21NO2/c1-10(2)13(16)8-9-15-14(17)12-6-4-11(3)5-7-12/h4-7,10,13,16H,8-9H2,1-3H3,(H,15,17). The molecule has 1 aromatic rings. The Balaban J connectivity index is 2.37. The van der Waals surface area contributed by atoms with Gasteiger partial charge in [0.25, 0.3) is 5.91 Å². The zero-order chi connectivity index (χ0) is 12.8. The Labute approximate surface area is 103 Å². The molecule has 0 aliphatic carbocycles. The molecule has 0 aliphatic heterocycles. The van der Waals surface area contributed by atoms with Crippen LogP contribution in [-0.4, -0.2) is 23.7 Å². The van der Waals surface area contributed by atoms with Crippen molar-refractivity contribution in [2.75, 3.05) is 6.54 Å². The van der Waals surface area contributed by atoms with E-state index in [0.717, 1.165) is 5.56 Å². The van der Waals surface area contributed by atoms with E-state index in [4.69, 9.17) is 0 Å². The highest BCUT2D eigenvalue weighted by atomic mass is 16.3. The van der Waals surface area contributed by atoms with Gasteiger partial charge in [0, 0.05) is 12.1 Å². The maximum Gasteiger partial charge on any atom is 0.251 e. The van der Waals surface area contributed by atoms with Crippen molar-refractivity contribution in [2.45, 2.75) is 33.3 Å². The predicted octanol–water partition coefficient (Wildman–Crippen LogP) is 2.13. The predicted molar refractivity (Wildman–Crippen MR) is 69.0 cm³/mol. The first kappa shape index (κ1) is 13.7. The number of hydrogen-bond acceptors (Lipinski definition) is 2. The van der Waals surface area contributed by atoms with Gasteiger partial charge in [0.2, 0.25) is 0 Å². The second-order valence-electron chi connectivity index (χ2n) is 4.72. The van der Waals surface area contributed by atoms with Gasteiger partial charge in [-0.25, -0.2) is 0 Å². The molecule has 3 heteroatoms. The van der Waals surface area contributed by atoms with Crippen molar-refractivity contribution in [3.05, 3.63) is 35.4 Å². The van der Waals surface area contributed by atoms with Crippen molar-refractivity contribution in [3.63, 3.8) is 0 Å². The van der Waals surface area contributed by atoms with Crippen molar-refractivity contribution in [3.8, 4) is 0 Å². The highest BCUT2D eigenvalue weighted by Gasteiger charge is 2.10. The molecule has 0 spiro atoms. The van der Waals surface area contributed by atoms with E-state index in [9.17, 15) is 9.90 Å². The summed E-state index contributed by atoms with van der Waals surface area (Å²) in [5.41, 5.74) is 1.80. The minimum atomic E-state index is -0.353. The molecule has 94 valence electrons. The van der Waals surface area contributed by atoms with Gasteiger partial charge in [0.1, 0.15) is 0 Å². The van der Waals surface area contributed by atoms with E-state index in [1.807, 2.05) is 45.0 Å². The lowest BCUT2D eigenvalue weighted by Gasteiger charge is -2.14. The molecule has 1 atom stereocenters. The molecule has 1 unspecified atom stereocenters. The number of carbonyl (C=O) groups is 1. The summed E-state index contributed by atoms with van der Waals surface area (Å²) in [5.74, 6) is 0.146. The van der Waals surface area contributed by atoms with Crippen LogP contribution in [0.3, 0.4) is 0 Å². The number of carbonyl (C=O) groups excluding carboxylic acids is 1. The van der Waals surface area contributed by atoms with Crippen LogP contribution in [-0.2, 0) is 0 Å². The average molecular weight is 235 g/mol. The molecule has 1 aromatic carbocycles. The number of hydrogen-bond donors (Lipinski definition) is 2. The minimum Gasteiger partial charge on any atom is -0.393 e. The zero-order valence-corrected chi connectivity index (χ0v) is 10.7. The molecule has 0 heterocycles. The van der Waals surface area contributed by atoms with Gasteiger partial charge in [-0.3, -0.25) is 4.79 Å². The van der Waals surface area contributed by atoms with Crippen molar-refractivity contribution < 1.29 is 9.90 Å². The summed E-state index contributed by atoms with van der Waals surface area (Å²) in [5, 5.41) is 12.4. The van der Waals surface area contributed by atoms with E-state index in [1.54, 1.807) is 0 Å². The van der Waals surface area contributed by atoms with Crippen LogP contribution in [0.1, 0.15) is 36.2 Å². The monoisotopic (exact) mass is 235 g/mol. The first-order valence-corrected chi connectivity index (χ1v) is 6.03. The summed E-state index contributed by atoms with van der Waals surface area (Å²) >= 11 is 0. The molecule has 1 amide bonds. The van der Waals surface area contributed by atoms with E-state index < -0.39 is 0 Å². The van der Waals surface area contributed by atoms with Crippen LogP contribution in [0.2, 0.25) is 0 Å². The fourth-order valence-electron chi connectivity index (χ4n) is 1.47. The van der Waals surface area contributed by atoms with E-state index >= 15 is 0 Å². The van der Waals surface area contributed by atoms with Crippen LogP contribution < -0.4 is 5.32 Å². The first-order chi connectivity index (χ1) is 8.00. The molecule has 3 nitrogen and oxygen atoms in total. The lowest BCUT2D eigenvalue weighted by molar-refractivity contribution is 0.0920. The van der Waals surface area contributed by atoms with Crippen molar-refractivity contribution in [1.82, 2.24) is 5.32 Å². The highest BCUT2D eigenvalue weighted by Crippen LogP contribution is 2.05. The van der Waals surface area contributed by atoms with Gasteiger partial charge in [-0.15, -0.1) is 0 Å². The Morgan fingerprint density at radius 3 is 2.41 bits per heavy atom. The summed E-state index contributed by atoms with van der Waals surface area (Å²) in [6, 6.07) is 7.45. The Morgan fingerprint density at radius 2 is 1.88 bits per heavy atom. The fraction of sp³-hybridized carbons (Fsp3) is 0.500. The third-order valence-electron chi connectivity index (χ3n) is 2.81. The van der Waals surface area contributed by atoms with E-state index in [2.05, 4.69) is 5.32 Å². The van der Waals surface area contributed by atoms with Crippen LogP contribution in [0.5, 0.6) is 0 Å². The first-order valence-electron chi connectivity index (χ1n) is 6.03. The number of aryl methyl sites for hydroxylation is 1. The van der Waals surface area contributed by atoms with Crippen LogP contribution in [0.4, 0.5) is 0 Å². The SMILES string of the molecule is Cc1ccc(C(=O)NCCC(O)C(C)C)cc1. The number of aliphatic hydroxyl groups excluding tert-OH is 1. The molecule has 0 saturated heterocycles. The summed E-state index contributed by atoms with van der Waals surface area (Å²) < 4.78 is 0. The van der Waals surface area contributed by atoms with Gasteiger partial charge in [0.05, 0.1) is 6.10 Å². The number of rotatable bonds is 5. The lowest BCUT2D eigenvalue weighted by Crippen LogP contribution is -2.28. The Hall–Kier alpha value is -1.35. The maximum atomic E-state index is 11.7. The average Bonchev–Trinajstić information content (AvgIpc) is 2.29. The van der Waals surface area contributed by atoms with Gasteiger partial charge >= 0.3 is 0 Å². The van der Waals surface area contributed by atoms with Gasteiger partial charge in [-0.1, -0.05) is 31.5 Å². The van der Waals surface area contributed by atoms with Gasteiger partial charge in [-0.2, -0.15) is 0 Å². The maximum absolute atomic E-state index is 11.7. The molecule has 2 N–H and O–H groups in total. The molecular formula is C14H21NO2. The van der Waals surface area contributed by atoms with Crippen LogP contribution >= 0.6 is 0 Å². The molecule has 0 saturated carbocycles. The van der Waals surface area contributed by atoms with Gasteiger partial charge in [0.15, 0.2) is 0 Å². The fourth-order valence-corrected chi connectivity index (χ4v) is 1.47. The normalized spacial score (nSPS) is 12.5. The molecule has 0 fully saturated rings. The Morgan fingerprint density at radius 1 is 1.29 bits per heavy atom. The molecule has 0 bridgehead atoms. The van der Waals surface area contributed by atoms with Crippen molar-refractivity contribution >= 4 is 5.91 Å². The number of amides is 1. The highest BCUT2D eigenvalue weighted by molar-refractivity contribution is 5.94. The van der Waals surface area contributed by atoms with Crippen LogP contribution in [0.25, 0.3) is 0 Å². The molecule has 0 radical (unpaired) electrons. The summed E-state index contributed by atoms with van der Waals surface area (Å²) in [6.45, 7) is 6.42. The molecular weight excluding hydrogens is 214 g/mol. The topological polar surface area (TPSA) is 49.3 Å². The minimum absolute atomic E-state index is 0.0824. The molecule has 17 heavy (non-hydrogen) atoms. The molecule has 1 rings (SSSR count). The van der Waals surface area contributed by atoms with Crippen molar-refractivity contribution in [1.29, 1.82) is 0 Å². The van der Waals surface area contributed by atoms with Gasteiger partial charge in [-0.05, 0) is 31.4 Å². The zero-order valence-electron chi connectivity index (χ0n) is 10.7.